The zero-order valence-corrected chi connectivity index (χ0v) is 21.1. The van der Waals surface area contributed by atoms with Gasteiger partial charge < -0.3 is 30.5 Å². The number of nitrogens with two attached hydrogens (primary N) is 1. The summed E-state index contributed by atoms with van der Waals surface area (Å²) in [5, 5.41) is 2.51. The van der Waals surface area contributed by atoms with Crippen LogP contribution in [0.15, 0.2) is 54.6 Å². The maximum absolute atomic E-state index is 13.4. The molecule has 1 aliphatic heterocycles. The summed E-state index contributed by atoms with van der Waals surface area (Å²) in [7, 11) is -4.55. The standard InChI is InChI=1S/C24H32N3O6P.ClH/c25-16-8-2-5-15-22(34(30,31)32)26-23(28)20-13-9-17-27(20)24(29)19-12-6-7-14-21(19)33-18-10-3-1-4-11-18;/h1,3-4,6-7,10-12,14,20,22H,2,5,8-9,13,15-17,25H2,(H,26,28)(H2,30,31,32);1H/t20-,22?;/m0./s1. The van der Waals surface area contributed by atoms with E-state index < -0.39 is 25.3 Å². The minimum atomic E-state index is -4.55. The smallest absolute Gasteiger partial charge is 0.347 e. The third-order valence-electron chi connectivity index (χ3n) is 5.80. The number of rotatable bonds is 11. The fraction of sp³-hybridized carbons (Fsp3) is 0.417. The molecular weight excluding hydrogens is 493 g/mol. The van der Waals surface area contributed by atoms with Gasteiger partial charge in [-0.05, 0) is 56.5 Å². The van der Waals surface area contributed by atoms with Crippen molar-refractivity contribution >= 4 is 31.8 Å². The largest absolute Gasteiger partial charge is 0.457 e. The molecule has 0 saturated carbocycles. The molecule has 0 bridgehead atoms. The van der Waals surface area contributed by atoms with E-state index in [4.69, 9.17) is 10.5 Å². The van der Waals surface area contributed by atoms with Crippen molar-refractivity contribution in [2.75, 3.05) is 13.1 Å². The SMILES string of the molecule is Cl.NCCCCCC(NC(=O)[C@@H]1CCCN1C(=O)c1ccccc1Oc1ccccc1)P(=O)(O)O. The Kier molecular flexibility index (Phi) is 11.2. The van der Waals surface area contributed by atoms with Crippen LogP contribution >= 0.6 is 20.0 Å². The highest BCUT2D eigenvalue weighted by atomic mass is 35.5. The summed E-state index contributed by atoms with van der Waals surface area (Å²) in [6.45, 7) is 0.870. The highest BCUT2D eigenvalue weighted by Gasteiger charge is 2.38. The lowest BCUT2D eigenvalue weighted by Crippen LogP contribution is -2.48. The average molecular weight is 526 g/mol. The van der Waals surface area contributed by atoms with Crippen molar-refractivity contribution in [2.45, 2.75) is 50.3 Å². The van der Waals surface area contributed by atoms with Crippen LogP contribution in [0, 0.1) is 0 Å². The first-order chi connectivity index (χ1) is 16.3. The average Bonchev–Trinajstić information content (AvgIpc) is 3.31. The first-order valence-corrected chi connectivity index (χ1v) is 13.2. The van der Waals surface area contributed by atoms with Gasteiger partial charge >= 0.3 is 7.60 Å². The second kappa shape index (κ2) is 13.6. The van der Waals surface area contributed by atoms with Crippen LogP contribution in [0.5, 0.6) is 11.5 Å². The number of ether oxygens (including phenoxy) is 1. The predicted molar refractivity (Wildman–Crippen MR) is 136 cm³/mol. The summed E-state index contributed by atoms with van der Waals surface area (Å²) >= 11 is 0. The zero-order chi connectivity index (χ0) is 24.6. The van der Waals surface area contributed by atoms with E-state index in [2.05, 4.69) is 5.32 Å². The minimum absolute atomic E-state index is 0. The van der Waals surface area contributed by atoms with Crippen molar-refractivity contribution in [3.63, 3.8) is 0 Å². The van der Waals surface area contributed by atoms with Crippen LogP contribution in [0.2, 0.25) is 0 Å². The van der Waals surface area contributed by atoms with Crippen LogP contribution in [0.4, 0.5) is 0 Å². The van der Waals surface area contributed by atoms with Crippen molar-refractivity contribution in [1.82, 2.24) is 10.2 Å². The van der Waals surface area contributed by atoms with Gasteiger partial charge in [0.2, 0.25) is 5.91 Å². The zero-order valence-electron chi connectivity index (χ0n) is 19.4. The van der Waals surface area contributed by atoms with Gasteiger partial charge in [-0.25, -0.2) is 0 Å². The Hall–Kier alpha value is -2.42. The topological polar surface area (TPSA) is 142 Å². The second-order valence-electron chi connectivity index (χ2n) is 8.32. The molecule has 3 rings (SSSR count). The lowest BCUT2D eigenvalue weighted by molar-refractivity contribution is -0.125. The van der Waals surface area contributed by atoms with Crippen molar-refractivity contribution in [2.24, 2.45) is 5.73 Å². The molecule has 0 radical (unpaired) electrons. The van der Waals surface area contributed by atoms with Crippen LogP contribution in [-0.2, 0) is 9.36 Å². The number of amides is 2. The van der Waals surface area contributed by atoms with Crippen molar-refractivity contribution < 1.29 is 28.7 Å². The summed E-state index contributed by atoms with van der Waals surface area (Å²) in [6, 6.07) is 15.1. The Morgan fingerprint density at radius 1 is 1.09 bits per heavy atom. The number of carbonyl (C=O) groups is 2. The molecule has 9 nitrogen and oxygen atoms in total. The molecule has 0 aliphatic carbocycles. The molecule has 5 N–H and O–H groups in total. The molecule has 1 unspecified atom stereocenters. The normalized spacial score (nSPS) is 16.3. The Labute approximate surface area is 211 Å². The van der Waals surface area contributed by atoms with Gasteiger partial charge in [-0.15, -0.1) is 12.4 Å². The number of nitrogens with zero attached hydrogens (tertiary/aromatic N) is 1. The van der Waals surface area contributed by atoms with E-state index in [0.29, 0.717) is 49.4 Å². The van der Waals surface area contributed by atoms with E-state index in [0.717, 1.165) is 12.8 Å². The van der Waals surface area contributed by atoms with Gasteiger partial charge in [-0.3, -0.25) is 14.2 Å². The first-order valence-electron chi connectivity index (χ1n) is 11.5. The molecule has 0 spiro atoms. The molecule has 1 aliphatic rings. The number of carbonyl (C=O) groups excluding carboxylic acids is 2. The number of halogens is 1. The monoisotopic (exact) mass is 525 g/mol. The molecule has 0 aromatic heterocycles. The first kappa shape index (κ1) is 28.8. The number of benzene rings is 2. The van der Waals surface area contributed by atoms with Crippen LogP contribution in [0.25, 0.3) is 0 Å². The van der Waals surface area contributed by atoms with Gasteiger partial charge in [-0.1, -0.05) is 43.2 Å². The van der Waals surface area contributed by atoms with Gasteiger partial charge in [0, 0.05) is 6.54 Å². The van der Waals surface area contributed by atoms with E-state index >= 15 is 0 Å². The number of likely N-dealkylation sites (tertiary alicyclic amines) is 1. The Bertz CT molecular complexity index is 1020. The van der Waals surface area contributed by atoms with Crippen molar-refractivity contribution in [3.05, 3.63) is 60.2 Å². The lowest BCUT2D eigenvalue weighted by atomic mass is 10.1. The minimum Gasteiger partial charge on any atom is -0.457 e. The molecule has 192 valence electrons. The number of hydrogen-bond donors (Lipinski definition) is 4. The quantitative estimate of drug-likeness (QED) is 0.259. The molecule has 1 saturated heterocycles. The van der Waals surface area contributed by atoms with Gasteiger partial charge in [0.25, 0.3) is 5.91 Å². The highest BCUT2D eigenvalue weighted by Crippen LogP contribution is 2.42. The third-order valence-corrected chi connectivity index (χ3v) is 7.00. The molecule has 2 aromatic rings. The van der Waals surface area contributed by atoms with E-state index in [1.54, 1.807) is 36.4 Å². The van der Waals surface area contributed by atoms with Crippen LogP contribution in [0.1, 0.15) is 48.9 Å². The number of unbranched alkanes of at least 4 members (excludes halogenated alkanes) is 2. The molecular formula is C24H33ClN3O6P. The Morgan fingerprint density at radius 3 is 2.46 bits per heavy atom. The molecule has 2 aromatic carbocycles. The fourth-order valence-corrected chi connectivity index (χ4v) is 4.84. The number of para-hydroxylation sites is 2. The van der Waals surface area contributed by atoms with E-state index in [1.165, 1.54) is 4.90 Å². The maximum Gasteiger partial charge on any atom is 0.347 e. The van der Waals surface area contributed by atoms with Gasteiger partial charge in [0.15, 0.2) is 0 Å². The number of nitrogens with one attached hydrogen (secondary N) is 1. The summed E-state index contributed by atoms with van der Waals surface area (Å²) in [5.74, 6) is -1.25. The molecule has 2 amide bonds. The Morgan fingerprint density at radius 2 is 1.77 bits per heavy atom. The molecule has 1 fully saturated rings. The molecule has 2 atom stereocenters. The van der Waals surface area contributed by atoms with Crippen LogP contribution in [0.3, 0.4) is 0 Å². The van der Waals surface area contributed by atoms with Gasteiger partial charge in [0.05, 0.1) is 5.56 Å². The predicted octanol–water partition coefficient (Wildman–Crippen LogP) is 3.64. The van der Waals surface area contributed by atoms with Crippen molar-refractivity contribution in [1.29, 1.82) is 0 Å². The third kappa shape index (κ3) is 8.05. The van der Waals surface area contributed by atoms with Gasteiger partial charge in [-0.2, -0.15) is 0 Å². The molecule has 1 heterocycles. The second-order valence-corrected chi connectivity index (χ2v) is 10.1. The van der Waals surface area contributed by atoms with E-state index in [1.807, 2.05) is 18.2 Å². The Balaban J connectivity index is 0.00000432. The molecule has 11 heteroatoms. The lowest BCUT2D eigenvalue weighted by Gasteiger charge is -2.27. The van der Waals surface area contributed by atoms with Crippen LogP contribution < -0.4 is 15.8 Å². The molecule has 35 heavy (non-hydrogen) atoms. The van der Waals surface area contributed by atoms with Crippen LogP contribution in [-0.4, -0.2) is 51.4 Å². The summed E-state index contributed by atoms with van der Waals surface area (Å²) in [6.07, 6.45) is 3.17. The van der Waals surface area contributed by atoms with E-state index in [9.17, 15) is 23.9 Å². The fourth-order valence-electron chi connectivity index (χ4n) is 4.03. The van der Waals surface area contributed by atoms with E-state index in [-0.39, 0.29) is 24.7 Å². The maximum atomic E-state index is 13.4. The highest BCUT2D eigenvalue weighted by molar-refractivity contribution is 7.52. The summed E-state index contributed by atoms with van der Waals surface area (Å²) in [5.41, 5.74) is 5.79. The van der Waals surface area contributed by atoms with Gasteiger partial charge in [0.1, 0.15) is 23.3 Å². The van der Waals surface area contributed by atoms with Crippen molar-refractivity contribution in [3.8, 4) is 11.5 Å². The summed E-state index contributed by atoms with van der Waals surface area (Å²) in [4.78, 5) is 47.3. The number of hydrogen-bond acceptors (Lipinski definition) is 5. The summed E-state index contributed by atoms with van der Waals surface area (Å²) < 4.78 is 17.9.